The number of allylic oxidation sites excluding steroid dienone is 1. The van der Waals surface area contributed by atoms with Crippen LogP contribution in [0, 0.1) is 0 Å². The molecular weight excluding hydrogens is 216 g/mol. The van der Waals surface area contributed by atoms with Gasteiger partial charge in [0.25, 0.3) is 0 Å². The molecule has 2 unspecified atom stereocenters. The third kappa shape index (κ3) is 8.47. The first kappa shape index (κ1) is 15.7. The molecule has 0 saturated heterocycles. The quantitative estimate of drug-likeness (QED) is 0.384. The van der Waals surface area contributed by atoms with E-state index in [0.29, 0.717) is 12.2 Å². The molecule has 0 aliphatic heterocycles. The second-order valence-electron chi connectivity index (χ2n) is 4.38. The number of hydrogen-bond donors (Lipinski definition) is 4. The summed E-state index contributed by atoms with van der Waals surface area (Å²) >= 11 is 0. The van der Waals surface area contributed by atoms with Crippen LogP contribution in [0.2, 0.25) is 0 Å². The van der Waals surface area contributed by atoms with Crippen LogP contribution in [0.25, 0.3) is 0 Å². The van der Waals surface area contributed by atoms with Gasteiger partial charge in [0.05, 0.1) is 6.04 Å². The summed E-state index contributed by atoms with van der Waals surface area (Å²) in [5.74, 6) is -0.0794. The fraction of sp³-hybridized carbons (Fsp3) is 0.583. The molecule has 0 rings (SSSR count). The van der Waals surface area contributed by atoms with E-state index in [4.69, 9.17) is 5.73 Å². The van der Waals surface area contributed by atoms with Crippen LogP contribution in [0.1, 0.15) is 27.7 Å². The number of amides is 1. The molecular formula is C12H24N4O. The predicted molar refractivity (Wildman–Crippen MR) is 71.0 cm³/mol. The molecule has 0 aromatic heterocycles. The van der Waals surface area contributed by atoms with Gasteiger partial charge >= 0.3 is 0 Å². The van der Waals surface area contributed by atoms with Crippen molar-refractivity contribution in [3.8, 4) is 0 Å². The Balaban J connectivity index is 3.97. The molecule has 0 aromatic carbocycles. The van der Waals surface area contributed by atoms with E-state index in [9.17, 15) is 4.79 Å². The maximum atomic E-state index is 11.7. The molecule has 0 heterocycles. The highest BCUT2D eigenvalue weighted by atomic mass is 16.2. The van der Waals surface area contributed by atoms with Crippen LogP contribution in [0.3, 0.4) is 0 Å². The predicted octanol–water partition coefficient (Wildman–Crippen LogP) is 0.412. The van der Waals surface area contributed by atoms with Gasteiger partial charge in [-0.05, 0) is 33.8 Å². The van der Waals surface area contributed by atoms with E-state index in [-0.39, 0.29) is 18.0 Å². The van der Waals surface area contributed by atoms with Gasteiger partial charge in [0.2, 0.25) is 5.91 Å². The van der Waals surface area contributed by atoms with E-state index < -0.39 is 0 Å². The van der Waals surface area contributed by atoms with Crippen LogP contribution < -0.4 is 21.9 Å². The van der Waals surface area contributed by atoms with Gasteiger partial charge in [-0.1, -0.05) is 12.2 Å². The first-order valence-electron chi connectivity index (χ1n) is 5.70. The molecule has 0 spiro atoms. The lowest BCUT2D eigenvalue weighted by Gasteiger charge is -2.17. The normalized spacial score (nSPS) is 15.2. The highest BCUT2D eigenvalue weighted by molar-refractivity contribution is 5.81. The van der Waals surface area contributed by atoms with Crippen LogP contribution in [0.4, 0.5) is 0 Å². The summed E-state index contributed by atoms with van der Waals surface area (Å²) in [6.07, 6.45) is 1.80. The van der Waals surface area contributed by atoms with Gasteiger partial charge in [-0.2, -0.15) is 0 Å². The minimum absolute atomic E-state index is 0.0714. The minimum atomic E-state index is -0.316. The second-order valence-corrected chi connectivity index (χ2v) is 4.38. The Morgan fingerprint density at radius 2 is 2.00 bits per heavy atom. The molecule has 17 heavy (non-hydrogen) atoms. The number of nitrogens with one attached hydrogen (secondary N) is 3. The highest BCUT2D eigenvalue weighted by Crippen LogP contribution is 1.90. The number of nitrogens with two attached hydrogens (primary N) is 1. The lowest BCUT2D eigenvalue weighted by Crippen LogP contribution is -2.50. The lowest BCUT2D eigenvalue weighted by atomic mass is 10.2. The van der Waals surface area contributed by atoms with Crippen LogP contribution in [-0.2, 0) is 4.79 Å². The molecule has 0 fully saturated rings. The Hall–Kier alpha value is -1.33. The Morgan fingerprint density at radius 1 is 1.41 bits per heavy atom. The number of hydrazine groups is 1. The molecule has 0 aliphatic rings. The van der Waals surface area contributed by atoms with Crippen LogP contribution >= 0.6 is 0 Å². The zero-order valence-electron chi connectivity index (χ0n) is 11.1. The molecule has 0 aromatic rings. The van der Waals surface area contributed by atoms with Crippen LogP contribution in [-0.4, -0.2) is 24.5 Å². The van der Waals surface area contributed by atoms with E-state index in [1.54, 1.807) is 19.9 Å². The SMILES string of the molecule is C=C(C)CNNC(C)C(=O)NC(C)/C=C(\C)N. The lowest BCUT2D eigenvalue weighted by molar-refractivity contribution is -0.123. The fourth-order valence-corrected chi connectivity index (χ4v) is 1.21. The van der Waals surface area contributed by atoms with E-state index in [2.05, 4.69) is 22.7 Å². The molecule has 98 valence electrons. The molecule has 0 saturated carbocycles. The van der Waals surface area contributed by atoms with E-state index in [0.717, 1.165) is 5.57 Å². The van der Waals surface area contributed by atoms with E-state index in [1.807, 2.05) is 13.8 Å². The molecule has 1 amide bonds. The molecule has 5 heteroatoms. The van der Waals surface area contributed by atoms with Crippen molar-refractivity contribution < 1.29 is 4.79 Å². The zero-order chi connectivity index (χ0) is 13.4. The summed E-state index contributed by atoms with van der Waals surface area (Å²) in [7, 11) is 0. The second kappa shape index (κ2) is 7.86. The van der Waals surface area contributed by atoms with Crippen molar-refractivity contribution in [1.82, 2.24) is 16.2 Å². The van der Waals surface area contributed by atoms with Crippen molar-refractivity contribution in [3.63, 3.8) is 0 Å². The highest BCUT2D eigenvalue weighted by Gasteiger charge is 2.13. The topological polar surface area (TPSA) is 79.2 Å². The molecule has 0 bridgehead atoms. The van der Waals surface area contributed by atoms with Gasteiger partial charge in [-0.25, -0.2) is 5.43 Å². The Kier molecular flexibility index (Phi) is 7.25. The van der Waals surface area contributed by atoms with Crippen molar-refractivity contribution >= 4 is 5.91 Å². The summed E-state index contributed by atoms with van der Waals surface area (Å²) in [6, 6.07) is -0.388. The third-order valence-electron chi connectivity index (χ3n) is 1.98. The van der Waals surface area contributed by atoms with Crippen molar-refractivity contribution in [2.24, 2.45) is 5.73 Å². The van der Waals surface area contributed by atoms with Crippen molar-refractivity contribution in [2.75, 3.05) is 6.54 Å². The number of rotatable bonds is 7. The average Bonchev–Trinajstić information content (AvgIpc) is 2.15. The van der Waals surface area contributed by atoms with Gasteiger partial charge in [-0.3, -0.25) is 10.2 Å². The monoisotopic (exact) mass is 240 g/mol. The molecule has 0 radical (unpaired) electrons. The van der Waals surface area contributed by atoms with Crippen molar-refractivity contribution in [1.29, 1.82) is 0 Å². The molecule has 5 nitrogen and oxygen atoms in total. The van der Waals surface area contributed by atoms with Gasteiger partial charge in [0.1, 0.15) is 0 Å². The van der Waals surface area contributed by atoms with Gasteiger partial charge in [0.15, 0.2) is 0 Å². The van der Waals surface area contributed by atoms with E-state index in [1.165, 1.54) is 0 Å². The fourth-order valence-electron chi connectivity index (χ4n) is 1.21. The minimum Gasteiger partial charge on any atom is -0.402 e. The summed E-state index contributed by atoms with van der Waals surface area (Å²) in [5.41, 5.74) is 13.1. The first-order valence-corrected chi connectivity index (χ1v) is 5.70. The van der Waals surface area contributed by atoms with Gasteiger partial charge in [-0.15, -0.1) is 0 Å². The Bertz CT molecular complexity index is 295. The standard InChI is InChI=1S/C12H24N4O/c1-8(2)7-14-16-11(5)12(17)15-10(4)6-9(3)13/h6,10-11,14,16H,1,7,13H2,2-5H3,(H,15,17)/b9-6+. The van der Waals surface area contributed by atoms with Crippen molar-refractivity contribution in [2.45, 2.75) is 39.8 Å². The van der Waals surface area contributed by atoms with Crippen molar-refractivity contribution in [3.05, 3.63) is 23.9 Å². The van der Waals surface area contributed by atoms with Crippen LogP contribution in [0.5, 0.6) is 0 Å². The molecule has 2 atom stereocenters. The summed E-state index contributed by atoms with van der Waals surface area (Å²) < 4.78 is 0. The van der Waals surface area contributed by atoms with Gasteiger partial charge in [0, 0.05) is 18.3 Å². The van der Waals surface area contributed by atoms with Crippen LogP contribution in [0.15, 0.2) is 23.9 Å². The zero-order valence-corrected chi connectivity index (χ0v) is 11.1. The number of hydrogen-bond acceptors (Lipinski definition) is 4. The summed E-state index contributed by atoms with van der Waals surface area (Å²) in [6.45, 7) is 11.8. The first-order chi connectivity index (χ1) is 7.82. The number of carbonyl (C=O) groups excluding carboxylic acids is 1. The Morgan fingerprint density at radius 3 is 2.47 bits per heavy atom. The summed E-state index contributed by atoms with van der Waals surface area (Å²) in [5, 5.41) is 2.83. The summed E-state index contributed by atoms with van der Waals surface area (Å²) in [4.78, 5) is 11.7. The maximum absolute atomic E-state index is 11.7. The van der Waals surface area contributed by atoms with E-state index >= 15 is 0 Å². The maximum Gasteiger partial charge on any atom is 0.238 e. The number of carbonyl (C=O) groups is 1. The smallest absolute Gasteiger partial charge is 0.238 e. The largest absolute Gasteiger partial charge is 0.402 e. The third-order valence-corrected chi connectivity index (χ3v) is 1.98. The molecule has 0 aliphatic carbocycles. The average molecular weight is 240 g/mol. The Labute approximate surface area is 103 Å². The van der Waals surface area contributed by atoms with Gasteiger partial charge < -0.3 is 11.1 Å². The molecule has 5 N–H and O–H groups in total.